The summed E-state index contributed by atoms with van der Waals surface area (Å²) in [5.74, 6) is 4.56. The lowest BCUT2D eigenvalue weighted by Gasteiger charge is -2.11. The normalized spacial score (nSPS) is 10.8. The molecule has 162 valence electrons. The Morgan fingerprint density at radius 1 is 1.03 bits per heavy atom. The number of aromatic nitrogens is 2. The third kappa shape index (κ3) is 4.21. The Hall–Kier alpha value is -4.01. The number of anilines is 1. The number of hydrogen-bond acceptors (Lipinski definition) is 4. The molecule has 3 heterocycles. The molecule has 0 saturated heterocycles. The second kappa shape index (κ2) is 8.85. The number of nitrogens with zero attached hydrogens (tertiary/aromatic N) is 2. The zero-order valence-electron chi connectivity index (χ0n) is 18.5. The Kier molecular flexibility index (Phi) is 5.60. The average Bonchev–Trinajstić information content (AvgIpc) is 3.21. The van der Waals surface area contributed by atoms with Crippen LogP contribution >= 0.6 is 11.3 Å². The molecule has 0 fully saturated rings. The fourth-order valence-electron chi connectivity index (χ4n) is 3.83. The highest BCUT2D eigenvalue weighted by molar-refractivity contribution is 7.13. The smallest absolute Gasteiger partial charge is 0.140 e. The molecule has 0 amide bonds. The Labute approximate surface area is 197 Å². The van der Waals surface area contributed by atoms with Gasteiger partial charge in [0.1, 0.15) is 22.9 Å². The number of ether oxygens (including phenoxy) is 1. The Bertz CT molecular complexity index is 1470. The molecule has 1 N–H and O–H groups in total. The van der Waals surface area contributed by atoms with Crippen molar-refractivity contribution >= 4 is 22.8 Å². The minimum Gasteiger partial charge on any atom is -0.497 e. The first-order chi connectivity index (χ1) is 16.2. The maximum absolute atomic E-state index is 5.69. The second-order valence-electron chi connectivity index (χ2n) is 7.76. The minimum absolute atomic E-state index is 0.656. The molecule has 4 nitrogen and oxygen atoms in total. The number of imidazole rings is 1. The van der Waals surface area contributed by atoms with Crippen molar-refractivity contribution in [2.75, 3.05) is 12.4 Å². The molecule has 33 heavy (non-hydrogen) atoms. The van der Waals surface area contributed by atoms with Crippen LogP contribution in [0, 0.1) is 19.3 Å². The van der Waals surface area contributed by atoms with Crippen molar-refractivity contribution in [1.29, 1.82) is 0 Å². The minimum atomic E-state index is 0.656. The zero-order valence-corrected chi connectivity index (χ0v) is 19.3. The van der Waals surface area contributed by atoms with Crippen molar-refractivity contribution in [2.24, 2.45) is 0 Å². The van der Waals surface area contributed by atoms with E-state index in [-0.39, 0.29) is 0 Å². The van der Waals surface area contributed by atoms with Gasteiger partial charge in [-0.2, -0.15) is 0 Å². The van der Waals surface area contributed by atoms with Gasteiger partial charge in [-0.1, -0.05) is 42.3 Å². The van der Waals surface area contributed by atoms with Gasteiger partial charge in [-0.3, -0.25) is 4.40 Å². The third-order valence-electron chi connectivity index (χ3n) is 5.58. The molecule has 1 aromatic carbocycles. The largest absolute Gasteiger partial charge is 0.497 e. The van der Waals surface area contributed by atoms with Crippen LogP contribution in [0.1, 0.15) is 16.8 Å². The van der Waals surface area contributed by atoms with Gasteiger partial charge in [0, 0.05) is 17.8 Å². The fourth-order valence-corrected chi connectivity index (χ4v) is 4.67. The van der Waals surface area contributed by atoms with Crippen molar-refractivity contribution in [3.8, 4) is 39.8 Å². The number of aryl methyl sites for hydroxylation is 1. The SMILES string of the molecule is C#Cc1ccsc1-c1nc2cccc(C)n2c1NCc1cccc(OC)c1.c1cc2cc-2c1. The number of nitrogens with one attached hydrogen (secondary N) is 1. The highest BCUT2D eigenvalue weighted by Crippen LogP contribution is 2.36. The molecule has 3 aromatic heterocycles. The first-order valence-electron chi connectivity index (χ1n) is 10.7. The lowest BCUT2D eigenvalue weighted by atomic mass is 10.2. The van der Waals surface area contributed by atoms with Crippen LogP contribution < -0.4 is 10.1 Å². The first kappa shape index (κ1) is 20.9. The van der Waals surface area contributed by atoms with E-state index in [1.165, 1.54) is 11.1 Å². The lowest BCUT2D eigenvalue weighted by Crippen LogP contribution is -2.05. The summed E-state index contributed by atoms with van der Waals surface area (Å²) in [6.45, 7) is 2.73. The van der Waals surface area contributed by atoms with E-state index < -0.39 is 0 Å². The molecule has 6 rings (SSSR count). The Balaban J connectivity index is 0.000000324. The van der Waals surface area contributed by atoms with Gasteiger partial charge in [0.05, 0.1) is 12.0 Å². The number of thiophene rings is 1. The number of hydrogen-bond donors (Lipinski definition) is 1. The summed E-state index contributed by atoms with van der Waals surface area (Å²) in [5.41, 5.74) is 7.74. The van der Waals surface area contributed by atoms with Crippen molar-refractivity contribution in [1.82, 2.24) is 9.38 Å². The van der Waals surface area contributed by atoms with Gasteiger partial charge in [-0.05, 0) is 65.4 Å². The van der Waals surface area contributed by atoms with Gasteiger partial charge in [0.15, 0.2) is 0 Å². The molecule has 4 aromatic rings. The number of rotatable bonds is 5. The van der Waals surface area contributed by atoms with Crippen LogP contribution in [0.4, 0.5) is 5.82 Å². The maximum Gasteiger partial charge on any atom is 0.140 e. The molecule has 2 aliphatic rings. The average molecular weight is 450 g/mol. The maximum atomic E-state index is 5.69. The van der Waals surface area contributed by atoms with Crippen LogP contribution in [0.5, 0.6) is 5.75 Å². The summed E-state index contributed by atoms with van der Waals surface area (Å²) < 4.78 is 7.46. The van der Waals surface area contributed by atoms with Crippen LogP contribution in [0.15, 0.2) is 78.2 Å². The van der Waals surface area contributed by atoms with Crippen molar-refractivity contribution in [2.45, 2.75) is 13.5 Å². The molecule has 0 atom stereocenters. The highest BCUT2D eigenvalue weighted by Gasteiger charge is 2.18. The van der Waals surface area contributed by atoms with Crippen LogP contribution in [-0.2, 0) is 6.54 Å². The molecule has 0 unspecified atom stereocenters. The van der Waals surface area contributed by atoms with Crippen LogP contribution in [0.2, 0.25) is 0 Å². The molecular weight excluding hydrogens is 426 g/mol. The van der Waals surface area contributed by atoms with Gasteiger partial charge in [-0.25, -0.2) is 4.98 Å². The predicted octanol–water partition coefficient (Wildman–Crippen LogP) is 6.64. The quantitative estimate of drug-likeness (QED) is 0.300. The summed E-state index contributed by atoms with van der Waals surface area (Å²) in [4.78, 5) is 5.87. The number of methoxy groups -OCH3 is 1. The molecular formula is C28H23N3OS. The van der Waals surface area contributed by atoms with Crippen LogP contribution in [-0.4, -0.2) is 16.5 Å². The van der Waals surface area contributed by atoms with E-state index >= 15 is 0 Å². The number of benzene rings is 2. The summed E-state index contributed by atoms with van der Waals surface area (Å²) in [6, 6.07) is 24.6. The summed E-state index contributed by atoms with van der Waals surface area (Å²) in [5, 5.41) is 5.57. The van der Waals surface area contributed by atoms with E-state index in [1.54, 1.807) is 18.4 Å². The van der Waals surface area contributed by atoms with E-state index in [0.717, 1.165) is 44.6 Å². The molecule has 5 heteroatoms. The molecule has 0 spiro atoms. The predicted molar refractivity (Wildman–Crippen MR) is 137 cm³/mol. The third-order valence-corrected chi connectivity index (χ3v) is 6.50. The van der Waals surface area contributed by atoms with E-state index in [0.29, 0.717) is 6.54 Å². The number of pyridine rings is 1. The second-order valence-corrected chi connectivity index (χ2v) is 8.68. The number of fused-ring (bicyclic) bond motifs is 2. The van der Waals surface area contributed by atoms with Crippen LogP contribution in [0.25, 0.3) is 27.3 Å². The van der Waals surface area contributed by atoms with Crippen molar-refractivity contribution in [3.05, 3.63) is 95.0 Å². The van der Waals surface area contributed by atoms with Gasteiger partial charge < -0.3 is 10.1 Å². The first-order valence-corrected chi connectivity index (χ1v) is 11.6. The fraction of sp³-hybridized carbons (Fsp3) is 0.107. The zero-order chi connectivity index (χ0) is 22.8. The van der Waals surface area contributed by atoms with E-state index in [1.807, 2.05) is 41.8 Å². The molecule has 0 aliphatic heterocycles. The van der Waals surface area contributed by atoms with Crippen molar-refractivity contribution < 1.29 is 4.74 Å². The molecule has 0 bridgehead atoms. The molecule has 2 aliphatic carbocycles. The highest BCUT2D eigenvalue weighted by atomic mass is 32.1. The van der Waals surface area contributed by atoms with Crippen LogP contribution in [0.3, 0.4) is 0 Å². The van der Waals surface area contributed by atoms with Gasteiger partial charge in [0.25, 0.3) is 0 Å². The van der Waals surface area contributed by atoms with Gasteiger partial charge in [0.2, 0.25) is 0 Å². The lowest BCUT2D eigenvalue weighted by molar-refractivity contribution is 0.414. The summed E-state index contributed by atoms with van der Waals surface area (Å²) >= 11 is 1.61. The Morgan fingerprint density at radius 2 is 1.82 bits per heavy atom. The van der Waals surface area contributed by atoms with Gasteiger partial charge in [-0.15, -0.1) is 17.8 Å². The Morgan fingerprint density at radius 3 is 2.52 bits per heavy atom. The monoisotopic (exact) mass is 449 g/mol. The molecule has 0 saturated carbocycles. The topological polar surface area (TPSA) is 38.6 Å². The van der Waals surface area contributed by atoms with E-state index in [4.69, 9.17) is 16.1 Å². The number of terminal acetylenes is 1. The summed E-state index contributed by atoms with van der Waals surface area (Å²) in [6.07, 6.45) is 5.69. The standard InChI is InChI=1S/C22H19N3OS.C6H4/c1-4-17-11-12-27-21(17)20-22(25-15(2)7-5-10-19(25)24-20)23-14-16-8-6-9-18(13-16)26-3;1-2-5-4-6(5)3-1/h1,5-13,23H,14H2,2-3H3;1-4H. The van der Waals surface area contributed by atoms with Crippen molar-refractivity contribution in [3.63, 3.8) is 0 Å². The van der Waals surface area contributed by atoms with E-state index in [2.05, 4.69) is 59.0 Å². The van der Waals surface area contributed by atoms with E-state index in [9.17, 15) is 0 Å². The van der Waals surface area contributed by atoms with Gasteiger partial charge >= 0.3 is 0 Å². The molecule has 0 radical (unpaired) electrons. The summed E-state index contributed by atoms with van der Waals surface area (Å²) in [7, 11) is 1.68.